The van der Waals surface area contributed by atoms with E-state index in [-0.39, 0.29) is 24.0 Å². The number of carbonyl (C=O) groups excluding carboxylic acids is 2. The monoisotopic (exact) mass is 561 g/mol. The van der Waals surface area contributed by atoms with Gasteiger partial charge in [0.05, 0.1) is 0 Å². The third-order valence-electron chi connectivity index (χ3n) is 5.69. The van der Waals surface area contributed by atoms with Crippen molar-refractivity contribution in [1.82, 2.24) is 5.09 Å². The highest BCUT2D eigenvalue weighted by molar-refractivity contribution is 7.57. The van der Waals surface area contributed by atoms with Crippen LogP contribution in [0.2, 0.25) is 0 Å². The van der Waals surface area contributed by atoms with Gasteiger partial charge in [0, 0.05) is 4.70 Å². The van der Waals surface area contributed by atoms with E-state index in [4.69, 9.17) is 14.0 Å². The lowest BCUT2D eigenvalue weighted by atomic mass is 9.96. The first kappa shape index (κ1) is 29.6. The second-order valence-corrected chi connectivity index (χ2v) is 11.6. The third kappa shape index (κ3) is 7.31. The highest BCUT2D eigenvalue weighted by Gasteiger charge is 2.41. The highest BCUT2D eigenvalue weighted by atomic mass is 32.1. The number of benzene rings is 2. The Morgan fingerprint density at radius 3 is 2.53 bits per heavy atom. The van der Waals surface area contributed by atoms with Gasteiger partial charge in [-0.2, -0.15) is 0 Å². The van der Waals surface area contributed by atoms with Crippen LogP contribution < -0.4 is 9.61 Å². The Kier molecular flexibility index (Phi) is 10.6. The summed E-state index contributed by atoms with van der Waals surface area (Å²) < 4.78 is 46.8. The van der Waals surface area contributed by atoms with Gasteiger partial charge in [0.25, 0.3) is 0 Å². The molecule has 0 saturated heterocycles. The summed E-state index contributed by atoms with van der Waals surface area (Å²) in [5.41, 5.74) is 0.0811. The molecule has 10 heteroatoms. The molecule has 4 rings (SSSR count). The Bertz CT molecular complexity index is 1290. The summed E-state index contributed by atoms with van der Waals surface area (Å²) in [7, 11) is -4.32. The molecule has 0 spiro atoms. The lowest BCUT2D eigenvalue weighted by Crippen LogP contribution is -2.38. The molecule has 2 aromatic carbocycles. The Morgan fingerprint density at radius 2 is 1.89 bits per heavy atom. The number of hydrogen-bond acceptors (Lipinski definition) is 7. The van der Waals surface area contributed by atoms with E-state index in [1.807, 2.05) is 13.8 Å². The maximum Gasteiger partial charge on any atom is 0.355 e. The zero-order chi connectivity index (χ0) is 27.7. The Labute approximate surface area is 226 Å². The number of alkyl halides is 1. The predicted molar refractivity (Wildman–Crippen MR) is 149 cm³/mol. The minimum Gasteiger partial charge on any atom is -0.461 e. The van der Waals surface area contributed by atoms with Crippen LogP contribution in [0.4, 0.5) is 4.39 Å². The molecule has 1 heterocycles. The molecule has 0 bridgehead atoms. The van der Waals surface area contributed by atoms with Crippen molar-refractivity contribution < 1.29 is 32.5 Å². The Morgan fingerprint density at radius 1 is 1.18 bits per heavy atom. The number of nitrogens with one attached hydrogen (secondary N) is 1. The van der Waals surface area contributed by atoms with Gasteiger partial charge >= 0.3 is 19.5 Å². The van der Waals surface area contributed by atoms with Crippen molar-refractivity contribution in [3.05, 3.63) is 77.7 Å². The van der Waals surface area contributed by atoms with Gasteiger partial charge in [-0.15, -0.1) is 11.3 Å². The average Bonchev–Trinajstić information content (AvgIpc) is 3.34. The number of esters is 2. The molecule has 3 atom stereocenters. The van der Waals surface area contributed by atoms with Gasteiger partial charge in [0.15, 0.2) is 0 Å². The smallest absolute Gasteiger partial charge is 0.355 e. The number of para-hydroxylation sites is 1. The van der Waals surface area contributed by atoms with Gasteiger partial charge in [-0.3, -0.25) is 9.36 Å². The fourth-order valence-electron chi connectivity index (χ4n) is 3.57. The molecule has 1 saturated carbocycles. The van der Waals surface area contributed by atoms with E-state index in [1.54, 1.807) is 42.5 Å². The first-order valence-corrected chi connectivity index (χ1v) is 15.1. The number of rotatable bonds is 11. The van der Waals surface area contributed by atoms with E-state index < -0.39 is 31.4 Å². The molecule has 1 aliphatic carbocycles. The Hall–Kier alpha value is -3.00. The van der Waals surface area contributed by atoms with E-state index in [9.17, 15) is 14.2 Å². The second-order valence-electron chi connectivity index (χ2n) is 8.47. The summed E-state index contributed by atoms with van der Waals surface area (Å²) >= 11 is 1.21. The standard InChI is InChI=1S/C26H27FNO6PS.C2H6/c1-3-14-32-26(30)23-16-19-15-18(12-13-22(19)36-23)24(27)35(31,34-21-8-5-4-6-9-21)28-17(2)25(29)33-20-10-7-11-20;1-2/h3-6,8-9,12-13,15-17,20,24H,1,7,10-11,14H2,2H3,(H,28,31);1-2H3. The van der Waals surface area contributed by atoms with Gasteiger partial charge in [0.2, 0.25) is 5.91 Å². The van der Waals surface area contributed by atoms with E-state index in [0.717, 1.165) is 24.0 Å². The number of fused-ring (bicyclic) bond motifs is 1. The maximum atomic E-state index is 16.0. The lowest BCUT2D eigenvalue weighted by Gasteiger charge is -2.29. The maximum absolute atomic E-state index is 16.0. The molecule has 1 aromatic heterocycles. The summed E-state index contributed by atoms with van der Waals surface area (Å²) in [6, 6.07) is 13.4. The topological polar surface area (TPSA) is 90.9 Å². The molecule has 1 fully saturated rings. The summed E-state index contributed by atoms with van der Waals surface area (Å²) in [6.07, 6.45) is 3.86. The van der Waals surface area contributed by atoms with Gasteiger partial charge in [-0.1, -0.05) is 50.8 Å². The van der Waals surface area contributed by atoms with Gasteiger partial charge in [-0.25, -0.2) is 14.3 Å². The van der Waals surface area contributed by atoms with Crippen molar-refractivity contribution >= 4 is 40.9 Å². The van der Waals surface area contributed by atoms with Crippen LogP contribution in [0.5, 0.6) is 5.75 Å². The summed E-state index contributed by atoms with van der Waals surface area (Å²) in [6.45, 7) is 9.07. The van der Waals surface area contributed by atoms with E-state index >= 15 is 4.39 Å². The van der Waals surface area contributed by atoms with E-state index in [1.165, 1.54) is 36.5 Å². The van der Waals surface area contributed by atoms with E-state index in [0.29, 0.717) is 10.3 Å². The van der Waals surface area contributed by atoms with Crippen molar-refractivity contribution in [1.29, 1.82) is 0 Å². The quantitative estimate of drug-likeness (QED) is 0.147. The SMILES string of the molecule is C=CCOC(=O)c1cc2cc(C(F)P(=O)(NC(C)C(=O)OC3CCC3)Oc3ccccc3)ccc2s1.CC. The van der Waals surface area contributed by atoms with Crippen molar-refractivity contribution in [3.8, 4) is 5.75 Å². The first-order chi connectivity index (χ1) is 18.3. The number of hydrogen-bond donors (Lipinski definition) is 1. The highest BCUT2D eigenvalue weighted by Crippen LogP contribution is 2.58. The molecule has 204 valence electrons. The molecule has 1 N–H and O–H groups in total. The van der Waals surface area contributed by atoms with Crippen molar-refractivity contribution in [2.45, 2.75) is 58.1 Å². The van der Waals surface area contributed by atoms with Crippen LogP contribution >= 0.6 is 18.9 Å². The summed E-state index contributed by atoms with van der Waals surface area (Å²) in [4.78, 5) is 25.1. The molecular weight excluding hydrogens is 528 g/mol. The van der Waals surface area contributed by atoms with Crippen LogP contribution in [0.3, 0.4) is 0 Å². The van der Waals surface area contributed by atoms with Gasteiger partial charge in [-0.05, 0) is 67.5 Å². The van der Waals surface area contributed by atoms with Crippen LogP contribution in [0.25, 0.3) is 10.1 Å². The normalized spacial score (nSPS) is 16.1. The van der Waals surface area contributed by atoms with Crippen LogP contribution in [0.15, 0.2) is 67.3 Å². The minimum atomic E-state index is -4.32. The van der Waals surface area contributed by atoms with Crippen molar-refractivity contribution in [2.75, 3.05) is 6.61 Å². The first-order valence-electron chi connectivity index (χ1n) is 12.6. The number of carbonyl (C=O) groups is 2. The third-order valence-corrected chi connectivity index (χ3v) is 8.91. The second kappa shape index (κ2) is 13.7. The zero-order valence-electron chi connectivity index (χ0n) is 21.7. The van der Waals surface area contributed by atoms with E-state index in [2.05, 4.69) is 11.7 Å². The van der Waals surface area contributed by atoms with Crippen LogP contribution in [0, 0.1) is 0 Å². The predicted octanol–water partition coefficient (Wildman–Crippen LogP) is 7.58. The molecule has 7 nitrogen and oxygen atoms in total. The Balaban J connectivity index is 0.00000195. The fourth-order valence-corrected chi connectivity index (χ4v) is 6.41. The molecule has 0 radical (unpaired) electrons. The van der Waals surface area contributed by atoms with Crippen LogP contribution in [-0.2, 0) is 18.8 Å². The largest absolute Gasteiger partial charge is 0.461 e. The van der Waals surface area contributed by atoms with Gasteiger partial charge in [0.1, 0.15) is 29.4 Å². The molecule has 0 aliphatic heterocycles. The van der Waals surface area contributed by atoms with Crippen LogP contribution in [0.1, 0.15) is 61.2 Å². The number of ether oxygens (including phenoxy) is 2. The summed E-state index contributed by atoms with van der Waals surface area (Å²) in [5.74, 6) is -3.02. The number of halogens is 1. The molecule has 3 aromatic rings. The van der Waals surface area contributed by atoms with Crippen molar-refractivity contribution in [3.63, 3.8) is 0 Å². The van der Waals surface area contributed by atoms with Crippen LogP contribution in [-0.4, -0.2) is 30.7 Å². The summed E-state index contributed by atoms with van der Waals surface area (Å²) in [5, 5.41) is 3.18. The fraction of sp³-hybridized carbons (Fsp3) is 0.357. The molecule has 1 aliphatic rings. The zero-order valence-corrected chi connectivity index (χ0v) is 23.4. The average molecular weight is 562 g/mol. The number of thiophene rings is 1. The molecule has 38 heavy (non-hydrogen) atoms. The van der Waals surface area contributed by atoms with Crippen molar-refractivity contribution in [2.24, 2.45) is 0 Å². The molecular formula is C28H33FNO6PS. The minimum absolute atomic E-state index is 0.0811. The lowest BCUT2D eigenvalue weighted by molar-refractivity contribution is -0.154. The van der Waals surface area contributed by atoms with Gasteiger partial charge < -0.3 is 14.0 Å². The molecule has 3 unspecified atom stereocenters. The molecule has 0 amide bonds.